The van der Waals surface area contributed by atoms with Crippen LogP contribution in [0.5, 0.6) is 0 Å². The zero-order valence-corrected chi connectivity index (χ0v) is 20.0. The summed E-state index contributed by atoms with van der Waals surface area (Å²) in [4.78, 5) is 4.87. The Kier molecular flexibility index (Phi) is 4.71. The fourth-order valence-electron chi connectivity index (χ4n) is 5.66. The Morgan fingerprint density at radius 3 is 1.72 bits per heavy atom. The van der Waals surface area contributed by atoms with Crippen molar-refractivity contribution < 1.29 is 0 Å². The molecule has 1 aromatic heterocycles. The Labute approximate surface area is 210 Å². The van der Waals surface area contributed by atoms with E-state index in [1.165, 1.54) is 43.8 Å². The van der Waals surface area contributed by atoms with Crippen LogP contribution in [-0.4, -0.2) is 9.55 Å². The van der Waals surface area contributed by atoms with Crippen molar-refractivity contribution in [2.24, 2.45) is 0 Å². The first-order valence-electron chi connectivity index (χ1n) is 12.3. The minimum Gasteiger partial charge on any atom is -0.296 e. The Bertz CT molecular complexity index is 1840. The molecule has 6 aromatic carbocycles. The predicted molar refractivity (Wildman–Crippen MR) is 152 cm³/mol. The monoisotopic (exact) mass is 460 g/mol. The van der Waals surface area contributed by atoms with Gasteiger partial charge >= 0.3 is 0 Å². The van der Waals surface area contributed by atoms with Crippen molar-refractivity contribution in [2.75, 3.05) is 0 Å². The van der Waals surface area contributed by atoms with E-state index in [0.717, 1.165) is 22.5 Å². The van der Waals surface area contributed by atoms with Crippen molar-refractivity contribution in [1.29, 1.82) is 0 Å². The van der Waals surface area contributed by atoms with Gasteiger partial charge in [-0.05, 0) is 63.4 Å². The van der Waals surface area contributed by atoms with Gasteiger partial charge in [-0.2, -0.15) is 0 Å². The second kappa shape index (κ2) is 8.21. The Morgan fingerprint density at radius 2 is 1.03 bits per heavy atom. The molecule has 0 aliphatic carbocycles. The van der Waals surface area contributed by atoms with Crippen LogP contribution in [0.25, 0.3) is 60.5 Å². The highest BCUT2D eigenvalue weighted by Gasteiger charge is 2.20. The maximum absolute atomic E-state index is 4.87. The van der Waals surface area contributed by atoms with Gasteiger partial charge in [0.15, 0.2) is 0 Å². The van der Waals surface area contributed by atoms with Gasteiger partial charge < -0.3 is 0 Å². The van der Waals surface area contributed by atoms with Gasteiger partial charge in [0.2, 0.25) is 0 Å². The van der Waals surface area contributed by atoms with Crippen LogP contribution in [0.4, 0.5) is 0 Å². The molecule has 0 fully saturated rings. The summed E-state index contributed by atoms with van der Waals surface area (Å²) in [5.74, 6) is 0.984. The lowest BCUT2D eigenvalue weighted by atomic mass is 9.85. The van der Waals surface area contributed by atoms with Gasteiger partial charge in [-0.3, -0.25) is 4.57 Å². The van der Waals surface area contributed by atoms with Crippen LogP contribution in [0.2, 0.25) is 0 Å². The Morgan fingerprint density at radius 1 is 0.500 bits per heavy atom. The average molecular weight is 461 g/mol. The maximum atomic E-state index is 4.87. The largest absolute Gasteiger partial charge is 0.296 e. The molecule has 2 heteroatoms. The van der Waals surface area contributed by atoms with Crippen molar-refractivity contribution >= 4 is 32.6 Å². The molecule has 7 rings (SSSR count). The van der Waals surface area contributed by atoms with Crippen LogP contribution in [0.1, 0.15) is 5.82 Å². The first-order valence-corrected chi connectivity index (χ1v) is 12.3. The van der Waals surface area contributed by atoms with Gasteiger partial charge in [0, 0.05) is 5.56 Å². The molecular weight excluding hydrogens is 436 g/mol. The minimum atomic E-state index is 0.984. The fourth-order valence-corrected chi connectivity index (χ4v) is 5.66. The van der Waals surface area contributed by atoms with Gasteiger partial charge in [-0.1, -0.05) is 109 Å². The molecule has 0 aliphatic heterocycles. The van der Waals surface area contributed by atoms with E-state index >= 15 is 0 Å². The molecule has 0 amide bonds. The third-order valence-electron chi connectivity index (χ3n) is 7.14. The molecule has 7 aromatic rings. The lowest BCUT2D eigenvalue weighted by molar-refractivity contribution is 1.00. The summed E-state index contributed by atoms with van der Waals surface area (Å²) in [5.41, 5.74) is 8.26. The molecule has 0 N–H and O–H groups in total. The summed E-state index contributed by atoms with van der Waals surface area (Å²) in [6, 6.07) is 45.5. The predicted octanol–water partition coefficient (Wildman–Crippen LogP) is 8.97. The quantitative estimate of drug-likeness (QED) is 0.241. The van der Waals surface area contributed by atoms with E-state index in [0.29, 0.717) is 0 Å². The van der Waals surface area contributed by atoms with Crippen molar-refractivity contribution in [3.63, 3.8) is 0 Å². The standard InChI is InChI=1S/C34H24N2/c1-23-35-30-20-10-12-22-32(30)36(23)31-21-11-9-19-29(31)34-27-17-7-5-15-25(27)33(24-13-3-2-4-14-24)26-16-6-8-18-28(26)34/h2-22H,1H3. The zero-order chi connectivity index (χ0) is 24.1. The van der Waals surface area contributed by atoms with Gasteiger partial charge in [0.1, 0.15) is 5.82 Å². The summed E-state index contributed by atoms with van der Waals surface area (Å²) in [5, 5.41) is 5.04. The molecule has 0 aliphatic rings. The number of nitrogens with zero attached hydrogens (tertiary/aromatic N) is 2. The van der Waals surface area contributed by atoms with E-state index < -0.39 is 0 Å². The fraction of sp³-hybridized carbons (Fsp3) is 0.0294. The molecule has 0 bridgehead atoms. The van der Waals surface area contributed by atoms with E-state index in [4.69, 9.17) is 4.98 Å². The van der Waals surface area contributed by atoms with Crippen LogP contribution in [0, 0.1) is 6.92 Å². The SMILES string of the molecule is Cc1nc2ccccc2n1-c1ccccc1-c1c2ccccc2c(-c2ccccc2)c2ccccc12. The second-order valence-electron chi connectivity index (χ2n) is 9.21. The number of hydrogen-bond donors (Lipinski definition) is 0. The van der Waals surface area contributed by atoms with Crippen molar-refractivity contribution in [2.45, 2.75) is 6.92 Å². The van der Waals surface area contributed by atoms with Gasteiger partial charge in [-0.25, -0.2) is 4.98 Å². The number of para-hydroxylation sites is 3. The number of benzene rings is 6. The molecule has 2 nitrogen and oxygen atoms in total. The number of fused-ring (bicyclic) bond motifs is 3. The van der Waals surface area contributed by atoms with Crippen molar-refractivity contribution in [1.82, 2.24) is 9.55 Å². The van der Waals surface area contributed by atoms with Crippen LogP contribution >= 0.6 is 0 Å². The van der Waals surface area contributed by atoms with E-state index in [1.54, 1.807) is 0 Å². The summed E-state index contributed by atoms with van der Waals surface area (Å²) in [7, 11) is 0. The number of imidazole rings is 1. The third kappa shape index (κ3) is 3.08. The van der Waals surface area contributed by atoms with Crippen LogP contribution in [-0.2, 0) is 0 Å². The maximum Gasteiger partial charge on any atom is 0.111 e. The molecule has 0 spiro atoms. The Hall–Kier alpha value is -4.69. The molecule has 0 unspecified atom stereocenters. The molecule has 0 radical (unpaired) electrons. The van der Waals surface area contributed by atoms with E-state index in [1.807, 2.05) is 6.07 Å². The normalized spacial score (nSPS) is 11.5. The molecule has 36 heavy (non-hydrogen) atoms. The number of aromatic nitrogens is 2. The number of aryl methyl sites for hydroxylation is 1. The Balaban J connectivity index is 1.64. The summed E-state index contributed by atoms with van der Waals surface area (Å²) >= 11 is 0. The highest BCUT2D eigenvalue weighted by atomic mass is 15.1. The second-order valence-corrected chi connectivity index (χ2v) is 9.21. The van der Waals surface area contributed by atoms with E-state index in [2.05, 4.69) is 133 Å². The smallest absolute Gasteiger partial charge is 0.111 e. The molecule has 170 valence electrons. The molecule has 0 atom stereocenters. The molecule has 0 saturated heterocycles. The molecule has 0 saturated carbocycles. The van der Waals surface area contributed by atoms with E-state index in [9.17, 15) is 0 Å². The van der Waals surface area contributed by atoms with Crippen LogP contribution in [0.3, 0.4) is 0 Å². The first-order chi connectivity index (χ1) is 17.8. The molecule has 1 heterocycles. The summed E-state index contributed by atoms with van der Waals surface area (Å²) < 4.78 is 2.29. The average Bonchev–Trinajstić information content (AvgIpc) is 3.27. The molecular formula is C34H24N2. The van der Waals surface area contributed by atoms with Gasteiger partial charge in [-0.15, -0.1) is 0 Å². The number of hydrogen-bond acceptors (Lipinski definition) is 1. The first kappa shape index (κ1) is 20.7. The number of rotatable bonds is 3. The third-order valence-corrected chi connectivity index (χ3v) is 7.14. The van der Waals surface area contributed by atoms with Crippen molar-refractivity contribution in [3.05, 3.63) is 133 Å². The lowest BCUT2D eigenvalue weighted by Crippen LogP contribution is -2.00. The highest BCUT2D eigenvalue weighted by molar-refractivity contribution is 6.22. The van der Waals surface area contributed by atoms with Crippen LogP contribution in [0.15, 0.2) is 127 Å². The highest BCUT2D eigenvalue weighted by Crippen LogP contribution is 2.45. The summed E-state index contributed by atoms with van der Waals surface area (Å²) in [6.07, 6.45) is 0. The summed E-state index contributed by atoms with van der Waals surface area (Å²) in [6.45, 7) is 2.09. The zero-order valence-electron chi connectivity index (χ0n) is 20.0. The van der Waals surface area contributed by atoms with Gasteiger partial charge in [0.05, 0.1) is 16.7 Å². The van der Waals surface area contributed by atoms with Gasteiger partial charge in [0.25, 0.3) is 0 Å². The van der Waals surface area contributed by atoms with Crippen LogP contribution < -0.4 is 0 Å². The minimum absolute atomic E-state index is 0.984. The lowest BCUT2D eigenvalue weighted by Gasteiger charge is -2.20. The van der Waals surface area contributed by atoms with Crippen molar-refractivity contribution in [3.8, 4) is 27.9 Å². The topological polar surface area (TPSA) is 17.8 Å². The van der Waals surface area contributed by atoms with E-state index in [-0.39, 0.29) is 0 Å².